The van der Waals surface area contributed by atoms with Gasteiger partial charge in [0, 0.05) is 59.3 Å². The Kier molecular flexibility index (Phi) is 7.98. The zero-order valence-electron chi connectivity index (χ0n) is 16.4. The van der Waals surface area contributed by atoms with E-state index in [0.29, 0.717) is 6.54 Å². The molecule has 1 atom stereocenters. The van der Waals surface area contributed by atoms with Gasteiger partial charge in [-0.3, -0.25) is 4.99 Å². The predicted octanol–water partition coefficient (Wildman–Crippen LogP) is 2.12. The Morgan fingerprint density at radius 3 is 2.85 bits per heavy atom. The van der Waals surface area contributed by atoms with Gasteiger partial charge in [-0.05, 0) is 31.4 Å². The zero-order valence-corrected chi connectivity index (χ0v) is 16.4. The van der Waals surface area contributed by atoms with Gasteiger partial charge in [-0.25, -0.2) is 0 Å². The van der Waals surface area contributed by atoms with E-state index in [2.05, 4.69) is 10.6 Å². The lowest BCUT2D eigenvalue weighted by Gasteiger charge is -2.34. The molecule has 1 aromatic heterocycles. The minimum Gasteiger partial charge on any atom is -0.469 e. The van der Waals surface area contributed by atoms with Crippen LogP contribution in [-0.2, 0) is 20.6 Å². The number of rotatable bonds is 8. The number of furan rings is 1. The van der Waals surface area contributed by atoms with Crippen LogP contribution in [0.1, 0.15) is 37.9 Å². The maximum atomic E-state index is 5.83. The minimum atomic E-state index is -0.227. The summed E-state index contributed by atoms with van der Waals surface area (Å²) in [5, 5.41) is 6.86. The second-order valence-corrected chi connectivity index (χ2v) is 7.29. The first-order chi connectivity index (χ1) is 13.3. The van der Waals surface area contributed by atoms with Gasteiger partial charge >= 0.3 is 0 Å². The van der Waals surface area contributed by atoms with E-state index < -0.39 is 0 Å². The van der Waals surface area contributed by atoms with Gasteiger partial charge in [0.15, 0.2) is 5.96 Å². The average Bonchev–Trinajstić information content (AvgIpc) is 3.24. The summed E-state index contributed by atoms with van der Waals surface area (Å²) in [5.41, 5.74) is -0.227. The maximum absolute atomic E-state index is 5.83. The summed E-state index contributed by atoms with van der Waals surface area (Å²) < 4.78 is 22.5. The minimum absolute atomic E-state index is 0.227. The third-order valence-electron chi connectivity index (χ3n) is 5.38. The Labute approximate surface area is 161 Å². The largest absolute Gasteiger partial charge is 0.469 e. The van der Waals surface area contributed by atoms with E-state index in [-0.39, 0.29) is 11.7 Å². The van der Waals surface area contributed by atoms with Gasteiger partial charge in [0.25, 0.3) is 0 Å². The third-order valence-corrected chi connectivity index (χ3v) is 5.38. The molecule has 2 N–H and O–H groups in total. The molecular weight excluding hydrogens is 346 g/mol. The monoisotopic (exact) mass is 379 g/mol. The van der Waals surface area contributed by atoms with Crippen LogP contribution < -0.4 is 10.6 Å². The van der Waals surface area contributed by atoms with Crippen LogP contribution in [-0.4, -0.2) is 64.2 Å². The highest BCUT2D eigenvalue weighted by atomic mass is 16.5. The number of ether oxygens (including phenoxy) is 3. The van der Waals surface area contributed by atoms with Crippen LogP contribution in [0.15, 0.2) is 27.8 Å². The summed E-state index contributed by atoms with van der Waals surface area (Å²) in [5.74, 6) is 1.77. The van der Waals surface area contributed by atoms with Crippen molar-refractivity contribution in [3.63, 3.8) is 0 Å². The first kappa shape index (κ1) is 20.2. The van der Waals surface area contributed by atoms with Crippen LogP contribution in [0.25, 0.3) is 0 Å². The molecule has 0 saturated carbocycles. The number of aliphatic imine (C=N–C) groups is 1. The molecule has 2 fully saturated rings. The van der Waals surface area contributed by atoms with Crippen molar-refractivity contribution in [1.29, 1.82) is 0 Å². The normalized spacial score (nSPS) is 23.1. The van der Waals surface area contributed by atoms with Crippen LogP contribution in [0, 0.1) is 0 Å². The summed E-state index contributed by atoms with van der Waals surface area (Å²) in [4.78, 5) is 4.82. The topological polar surface area (TPSA) is 77.2 Å². The molecule has 0 radical (unpaired) electrons. The molecule has 2 saturated heterocycles. The van der Waals surface area contributed by atoms with Crippen molar-refractivity contribution in [2.75, 3.05) is 46.6 Å². The second kappa shape index (κ2) is 10.7. The molecule has 7 nitrogen and oxygen atoms in total. The van der Waals surface area contributed by atoms with Crippen molar-refractivity contribution in [1.82, 2.24) is 10.6 Å². The van der Waals surface area contributed by atoms with Gasteiger partial charge in [-0.1, -0.05) is 0 Å². The van der Waals surface area contributed by atoms with Crippen LogP contribution in [0.4, 0.5) is 0 Å². The van der Waals surface area contributed by atoms with Crippen molar-refractivity contribution < 1.29 is 18.6 Å². The number of nitrogens with one attached hydrogen (secondary N) is 2. The highest BCUT2D eigenvalue weighted by molar-refractivity contribution is 5.79. The third kappa shape index (κ3) is 6.52. The molecule has 0 aliphatic carbocycles. The van der Waals surface area contributed by atoms with Crippen molar-refractivity contribution in [2.24, 2.45) is 4.99 Å². The number of hydrogen-bond acceptors (Lipinski definition) is 5. The van der Waals surface area contributed by atoms with E-state index in [0.717, 1.165) is 76.7 Å². The summed E-state index contributed by atoms with van der Waals surface area (Å²) in [7, 11) is 1.77. The average molecular weight is 380 g/mol. The fraction of sp³-hybridized carbons (Fsp3) is 0.750. The molecule has 1 aromatic rings. The van der Waals surface area contributed by atoms with Gasteiger partial charge in [-0.15, -0.1) is 0 Å². The van der Waals surface area contributed by atoms with Crippen LogP contribution >= 0.6 is 0 Å². The maximum Gasteiger partial charge on any atom is 0.191 e. The summed E-state index contributed by atoms with van der Waals surface area (Å²) >= 11 is 0. The molecule has 0 spiro atoms. The molecular formula is C20H33N3O4. The van der Waals surface area contributed by atoms with Crippen molar-refractivity contribution in [3.8, 4) is 0 Å². The van der Waals surface area contributed by atoms with E-state index in [9.17, 15) is 0 Å². The molecule has 27 heavy (non-hydrogen) atoms. The molecule has 0 amide bonds. The van der Waals surface area contributed by atoms with Gasteiger partial charge in [0.2, 0.25) is 0 Å². The zero-order chi connectivity index (χ0) is 18.8. The molecule has 2 aliphatic rings. The van der Waals surface area contributed by atoms with Gasteiger partial charge in [0.1, 0.15) is 5.76 Å². The fourth-order valence-electron chi connectivity index (χ4n) is 3.51. The van der Waals surface area contributed by atoms with Gasteiger partial charge < -0.3 is 29.3 Å². The predicted molar refractivity (Wildman–Crippen MR) is 104 cm³/mol. The lowest BCUT2D eigenvalue weighted by molar-refractivity contribution is -0.0828. The molecule has 2 aliphatic heterocycles. The number of nitrogens with zero attached hydrogens (tertiary/aromatic N) is 1. The highest BCUT2D eigenvalue weighted by Crippen LogP contribution is 2.24. The summed E-state index contributed by atoms with van der Waals surface area (Å²) in [6.07, 6.45) is 8.03. The Hall–Kier alpha value is -1.57. The number of guanidine groups is 1. The van der Waals surface area contributed by atoms with E-state index in [1.807, 2.05) is 12.1 Å². The molecule has 0 aromatic carbocycles. The molecule has 3 rings (SSSR count). The SMILES string of the molecule is COC1(CN=C(NCCc2ccco2)NCC2CCCCO2)CCOCC1. The Morgan fingerprint density at radius 1 is 1.26 bits per heavy atom. The fourth-order valence-corrected chi connectivity index (χ4v) is 3.51. The molecule has 1 unspecified atom stereocenters. The lowest BCUT2D eigenvalue weighted by atomic mass is 9.94. The van der Waals surface area contributed by atoms with E-state index in [1.165, 1.54) is 6.42 Å². The van der Waals surface area contributed by atoms with Crippen LogP contribution in [0.2, 0.25) is 0 Å². The lowest BCUT2D eigenvalue weighted by Crippen LogP contribution is -2.46. The Morgan fingerprint density at radius 2 is 2.15 bits per heavy atom. The van der Waals surface area contributed by atoms with Crippen molar-refractivity contribution in [2.45, 2.75) is 50.2 Å². The van der Waals surface area contributed by atoms with Crippen LogP contribution in [0.3, 0.4) is 0 Å². The molecule has 152 valence electrons. The smallest absolute Gasteiger partial charge is 0.191 e. The Bertz CT molecular complexity index is 550. The molecule has 3 heterocycles. The second-order valence-electron chi connectivity index (χ2n) is 7.29. The number of methoxy groups -OCH3 is 1. The van der Waals surface area contributed by atoms with Crippen molar-refractivity contribution >= 4 is 5.96 Å². The summed E-state index contributed by atoms with van der Waals surface area (Å²) in [6.45, 7) is 4.47. The quantitative estimate of drug-likeness (QED) is 0.532. The first-order valence-electron chi connectivity index (χ1n) is 10.1. The van der Waals surface area contributed by atoms with E-state index in [4.69, 9.17) is 23.6 Å². The summed E-state index contributed by atoms with van der Waals surface area (Å²) in [6, 6.07) is 3.90. The molecule has 7 heteroatoms. The first-order valence-corrected chi connectivity index (χ1v) is 10.1. The van der Waals surface area contributed by atoms with E-state index >= 15 is 0 Å². The number of hydrogen-bond donors (Lipinski definition) is 2. The van der Waals surface area contributed by atoms with Crippen molar-refractivity contribution in [3.05, 3.63) is 24.2 Å². The highest BCUT2D eigenvalue weighted by Gasteiger charge is 2.32. The standard InChI is InChI=1S/C20H33N3O4/c1-24-20(8-13-25-14-9-20)16-23-19(21-10-7-17-6-4-12-26-17)22-15-18-5-2-3-11-27-18/h4,6,12,18H,2-3,5,7-11,13-16H2,1H3,(H2,21,22,23). The van der Waals surface area contributed by atoms with Gasteiger partial charge in [-0.2, -0.15) is 0 Å². The van der Waals surface area contributed by atoms with E-state index in [1.54, 1.807) is 13.4 Å². The van der Waals surface area contributed by atoms with Gasteiger partial charge in [0.05, 0.1) is 24.5 Å². The molecule has 0 bridgehead atoms. The Balaban J connectivity index is 1.54. The van der Waals surface area contributed by atoms with Crippen LogP contribution in [0.5, 0.6) is 0 Å².